The zero-order valence-corrected chi connectivity index (χ0v) is 13.9. The van der Waals surface area contributed by atoms with E-state index in [9.17, 15) is 14.7 Å². The molecule has 2 aromatic heterocycles. The number of halogens is 1. The Kier molecular flexibility index (Phi) is 4.32. The van der Waals surface area contributed by atoms with Gasteiger partial charge in [-0.05, 0) is 24.0 Å². The topological polar surface area (TPSA) is 88.0 Å². The van der Waals surface area contributed by atoms with Crippen molar-refractivity contribution in [3.63, 3.8) is 0 Å². The molecule has 0 saturated carbocycles. The zero-order chi connectivity index (χ0) is 16.6. The van der Waals surface area contributed by atoms with Crippen LogP contribution in [0.5, 0.6) is 5.88 Å². The Morgan fingerprint density at radius 2 is 2.17 bits per heavy atom. The van der Waals surface area contributed by atoms with Crippen molar-refractivity contribution in [1.82, 2.24) is 14.8 Å². The number of pyridine rings is 1. The molecule has 3 rings (SSSR count). The highest BCUT2D eigenvalue weighted by Crippen LogP contribution is 2.20. The summed E-state index contributed by atoms with van der Waals surface area (Å²) in [5.74, 6) is 1.22. The first-order valence-electron chi connectivity index (χ1n) is 7.06. The molecule has 0 aliphatic rings. The molecule has 0 fully saturated rings. The first kappa shape index (κ1) is 15.9. The molecule has 8 heteroatoms. The molecule has 0 aliphatic carbocycles. The van der Waals surface area contributed by atoms with E-state index in [4.69, 9.17) is 11.6 Å². The number of aryl methyl sites for hydroxylation is 1. The normalized spacial score (nSPS) is 11.4. The van der Waals surface area contributed by atoms with Gasteiger partial charge in [-0.25, -0.2) is 4.68 Å². The van der Waals surface area contributed by atoms with E-state index in [0.29, 0.717) is 28.2 Å². The van der Waals surface area contributed by atoms with Crippen LogP contribution in [0, 0.1) is 0 Å². The number of thioether (sulfide) groups is 1. The number of fused-ring (bicyclic) bond motifs is 2. The van der Waals surface area contributed by atoms with Gasteiger partial charge >= 0.3 is 0 Å². The fourth-order valence-corrected chi connectivity index (χ4v) is 3.18. The van der Waals surface area contributed by atoms with Gasteiger partial charge in [0.2, 0.25) is 5.43 Å². The largest absolute Gasteiger partial charge is 0.491 e. The maximum Gasteiger partial charge on any atom is 0.280 e. The van der Waals surface area contributed by atoms with Crippen molar-refractivity contribution in [2.24, 2.45) is 0 Å². The third-order valence-corrected chi connectivity index (χ3v) is 4.62. The summed E-state index contributed by atoms with van der Waals surface area (Å²) in [5, 5.41) is 14.7. The van der Waals surface area contributed by atoms with Crippen LogP contribution in [-0.2, 0) is 6.54 Å². The van der Waals surface area contributed by atoms with Gasteiger partial charge in [-0.3, -0.25) is 9.59 Å². The van der Waals surface area contributed by atoms with E-state index >= 15 is 0 Å². The number of aromatic hydroxyl groups is 1. The number of aromatic nitrogens is 3. The fourth-order valence-electron chi connectivity index (χ4n) is 2.42. The van der Waals surface area contributed by atoms with Crippen molar-refractivity contribution in [1.29, 1.82) is 0 Å². The highest BCUT2D eigenvalue weighted by atomic mass is 35.5. The van der Waals surface area contributed by atoms with Gasteiger partial charge in [-0.1, -0.05) is 18.5 Å². The SMILES string of the molecule is CCSCCn1nc(O)c2[nH]c3cc(Cl)ccc3c(=O)c2c1=O. The van der Waals surface area contributed by atoms with Gasteiger partial charge in [-0.15, -0.1) is 5.10 Å². The van der Waals surface area contributed by atoms with E-state index in [2.05, 4.69) is 10.1 Å². The number of aromatic amines is 1. The standard InChI is InChI=1S/C15H14ClN3O3S/c1-2-23-6-5-19-15(22)11-12(14(21)18-19)17-10-7-8(16)3-4-9(10)13(11)20/h3-4,7H,2,5-6H2,1H3,(H,17,20)(H,18,21). The van der Waals surface area contributed by atoms with Crippen LogP contribution in [0.3, 0.4) is 0 Å². The molecular weight excluding hydrogens is 338 g/mol. The third kappa shape index (κ3) is 2.82. The second-order valence-electron chi connectivity index (χ2n) is 4.94. The van der Waals surface area contributed by atoms with Crippen LogP contribution in [0.15, 0.2) is 27.8 Å². The van der Waals surface area contributed by atoms with E-state index in [1.54, 1.807) is 30.0 Å². The highest BCUT2D eigenvalue weighted by Gasteiger charge is 2.16. The molecule has 3 aromatic rings. The fraction of sp³-hybridized carbons (Fsp3) is 0.267. The Labute approximate surface area is 140 Å². The van der Waals surface area contributed by atoms with Crippen LogP contribution in [-0.4, -0.2) is 31.4 Å². The Bertz CT molecular complexity index is 1010. The van der Waals surface area contributed by atoms with Crippen LogP contribution >= 0.6 is 23.4 Å². The van der Waals surface area contributed by atoms with Gasteiger partial charge in [0.1, 0.15) is 10.9 Å². The van der Waals surface area contributed by atoms with E-state index in [0.717, 1.165) is 10.4 Å². The Morgan fingerprint density at radius 3 is 2.91 bits per heavy atom. The summed E-state index contributed by atoms with van der Waals surface area (Å²) in [4.78, 5) is 28.1. The van der Waals surface area contributed by atoms with Crippen molar-refractivity contribution in [2.45, 2.75) is 13.5 Å². The summed E-state index contributed by atoms with van der Waals surface area (Å²) in [6, 6.07) is 4.72. The van der Waals surface area contributed by atoms with E-state index < -0.39 is 11.0 Å². The van der Waals surface area contributed by atoms with Crippen LogP contribution in [0.4, 0.5) is 0 Å². The average Bonchev–Trinajstić information content (AvgIpc) is 2.52. The van der Waals surface area contributed by atoms with Gasteiger partial charge in [0.15, 0.2) is 0 Å². The van der Waals surface area contributed by atoms with Gasteiger partial charge in [0, 0.05) is 16.2 Å². The van der Waals surface area contributed by atoms with Crippen LogP contribution in [0.2, 0.25) is 5.02 Å². The average molecular weight is 352 g/mol. The van der Waals surface area contributed by atoms with Crippen molar-refractivity contribution in [3.05, 3.63) is 43.8 Å². The molecule has 0 spiro atoms. The van der Waals surface area contributed by atoms with Crippen molar-refractivity contribution >= 4 is 45.2 Å². The van der Waals surface area contributed by atoms with Crippen molar-refractivity contribution in [2.75, 3.05) is 11.5 Å². The Hall–Kier alpha value is -1.99. The molecule has 2 heterocycles. The number of benzene rings is 1. The summed E-state index contributed by atoms with van der Waals surface area (Å²) in [6.45, 7) is 2.35. The number of nitrogens with one attached hydrogen (secondary N) is 1. The molecule has 1 aromatic carbocycles. The Balaban J connectivity index is 2.31. The third-order valence-electron chi connectivity index (χ3n) is 3.50. The molecular formula is C15H14ClN3O3S. The number of rotatable bonds is 4. The number of hydrogen-bond donors (Lipinski definition) is 2. The predicted octanol–water partition coefficient (Wildman–Crippen LogP) is 2.35. The van der Waals surface area contributed by atoms with Gasteiger partial charge in [0.05, 0.1) is 12.1 Å². The van der Waals surface area contributed by atoms with Crippen LogP contribution in [0.1, 0.15) is 6.92 Å². The lowest BCUT2D eigenvalue weighted by atomic mass is 10.1. The number of H-pyrrole nitrogens is 1. The molecule has 0 aliphatic heterocycles. The molecule has 0 bridgehead atoms. The molecule has 0 unspecified atom stereocenters. The molecule has 6 nitrogen and oxygen atoms in total. The molecule has 0 atom stereocenters. The summed E-state index contributed by atoms with van der Waals surface area (Å²) >= 11 is 7.57. The minimum Gasteiger partial charge on any atom is -0.491 e. The second kappa shape index (κ2) is 6.25. The number of nitrogens with zero attached hydrogens (tertiary/aromatic N) is 2. The van der Waals surface area contributed by atoms with Gasteiger partial charge < -0.3 is 10.1 Å². The van der Waals surface area contributed by atoms with E-state index in [1.807, 2.05) is 6.92 Å². The van der Waals surface area contributed by atoms with Crippen LogP contribution < -0.4 is 11.0 Å². The van der Waals surface area contributed by atoms with Gasteiger partial charge in [0.25, 0.3) is 11.4 Å². The lowest BCUT2D eigenvalue weighted by molar-refractivity contribution is 0.429. The van der Waals surface area contributed by atoms with Crippen molar-refractivity contribution in [3.8, 4) is 5.88 Å². The first-order valence-corrected chi connectivity index (χ1v) is 8.59. The maximum absolute atomic E-state index is 12.6. The van der Waals surface area contributed by atoms with Gasteiger partial charge in [-0.2, -0.15) is 11.8 Å². The lowest BCUT2D eigenvalue weighted by Crippen LogP contribution is -2.28. The Morgan fingerprint density at radius 1 is 1.39 bits per heavy atom. The van der Waals surface area contributed by atoms with E-state index in [-0.39, 0.29) is 16.8 Å². The summed E-state index contributed by atoms with van der Waals surface area (Å²) in [7, 11) is 0. The molecule has 120 valence electrons. The summed E-state index contributed by atoms with van der Waals surface area (Å²) < 4.78 is 1.14. The molecule has 2 N–H and O–H groups in total. The molecule has 23 heavy (non-hydrogen) atoms. The molecule has 0 saturated heterocycles. The van der Waals surface area contributed by atoms with Crippen molar-refractivity contribution < 1.29 is 5.11 Å². The quantitative estimate of drug-likeness (QED) is 0.556. The molecule has 0 amide bonds. The first-order chi connectivity index (χ1) is 11.0. The maximum atomic E-state index is 12.6. The molecule has 0 radical (unpaired) electrons. The monoisotopic (exact) mass is 351 g/mol. The summed E-state index contributed by atoms with van der Waals surface area (Å²) in [5.41, 5.74) is -0.461. The highest BCUT2D eigenvalue weighted by molar-refractivity contribution is 7.99. The van der Waals surface area contributed by atoms with E-state index in [1.165, 1.54) is 0 Å². The minimum absolute atomic E-state index is 0.0363. The zero-order valence-electron chi connectivity index (χ0n) is 12.3. The smallest absolute Gasteiger partial charge is 0.280 e. The minimum atomic E-state index is -0.507. The van der Waals surface area contributed by atoms with Crippen LogP contribution in [0.25, 0.3) is 21.8 Å². The number of hydrogen-bond acceptors (Lipinski definition) is 5. The summed E-state index contributed by atoms with van der Waals surface area (Å²) in [6.07, 6.45) is 0. The second-order valence-corrected chi connectivity index (χ2v) is 6.77. The lowest BCUT2D eigenvalue weighted by Gasteiger charge is -2.08. The predicted molar refractivity (Wildman–Crippen MR) is 93.8 cm³/mol.